The first-order valence-electron chi connectivity index (χ1n) is 7.15. The lowest BCUT2D eigenvalue weighted by atomic mass is 9.80. The van der Waals surface area contributed by atoms with Gasteiger partial charge in [0, 0.05) is 5.41 Å². The van der Waals surface area contributed by atoms with Crippen molar-refractivity contribution in [2.24, 2.45) is 0 Å². The summed E-state index contributed by atoms with van der Waals surface area (Å²) in [5.74, 6) is 0.588. The summed E-state index contributed by atoms with van der Waals surface area (Å²) in [7, 11) is 0. The highest BCUT2D eigenvalue weighted by molar-refractivity contribution is 5.02. The monoisotopic (exact) mass is 254 g/mol. The van der Waals surface area contributed by atoms with Crippen molar-refractivity contribution in [2.75, 3.05) is 0 Å². The molecule has 0 amide bonds. The first-order chi connectivity index (χ1) is 8.62. The number of aromatic nitrogens is 2. The summed E-state index contributed by atoms with van der Waals surface area (Å²) in [4.78, 5) is 0. The van der Waals surface area contributed by atoms with Crippen LogP contribution in [0.3, 0.4) is 0 Å². The summed E-state index contributed by atoms with van der Waals surface area (Å²) in [5.41, 5.74) is -0.0856. The Kier molecular flexibility index (Phi) is 6.16. The molecule has 1 heterocycles. The molecule has 1 unspecified atom stereocenters. The maximum absolute atomic E-state index is 9.21. The molecule has 1 aromatic heterocycles. The van der Waals surface area contributed by atoms with Crippen LogP contribution in [0.4, 0.5) is 0 Å². The number of aromatic hydroxyl groups is 1. The van der Waals surface area contributed by atoms with Crippen LogP contribution in [0, 0.1) is 0 Å². The highest BCUT2D eigenvalue weighted by Crippen LogP contribution is 2.35. The highest BCUT2D eigenvalue weighted by Gasteiger charge is 2.31. The minimum Gasteiger partial charge on any atom is -0.465 e. The lowest BCUT2D eigenvalue weighted by Gasteiger charge is -2.25. The summed E-state index contributed by atoms with van der Waals surface area (Å²) in [6, 6.07) is 0. The molecule has 1 rings (SSSR count). The number of rotatable bonds is 9. The van der Waals surface area contributed by atoms with Crippen LogP contribution in [-0.4, -0.2) is 15.3 Å². The zero-order valence-corrected chi connectivity index (χ0v) is 11.9. The van der Waals surface area contributed by atoms with Gasteiger partial charge in [0.1, 0.15) is 0 Å². The molecule has 1 N–H and O–H groups in total. The van der Waals surface area contributed by atoms with E-state index in [2.05, 4.69) is 31.0 Å². The fourth-order valence-corrected chi connectivity index (χ4v) is 2.31. The van der Waals surface area contributed by atoms with Crippen LogP contribution < -0.4 is 0 Å². The van der Waals surface area contributed by atoms with Gasteiger partial charge in [0.25, 0.3) is 0 Å². The van der Waals surface area contributed by atoms with Crippen molar-refractivity contribution in [1.29, 1.82) is 0 Å². The predicted octanol–water partition coefficient (Wildman–Crippen LogP) is 4.19. The average Bonchev–Trinajstić information content (AvgIpc) is 2.80. The molecular weight excluding hydrogens is 228 g/mol. The number of unbranched alkanes of at least 4 members (excludes halogenated alkanes) is 4. The lowest BCUT2D eigenvalue weighted by Crippen LogP contribution is -2.22. The Morgan fingerprint density at radius 1 is 1.00 bits per heavy atom. The molecule has 0 saturated heterocycles. The topological polar surface area (TPSA) is 59.2 Å². The van der Waals surface area contributed by atoms with Gasteiger partial charge >= 0.3 is 6.08 Å². The Hall–Kier alpha value is -1.06. The molecule has 0 fully saturated rings. The van der Waals surface area contributed by atoms with Gasteiger partial charge in [-0.3, -0.25) is 0 Å². The lowest BCUT2D eigenvalue weighted by molar-refractivity contribution is 0.247. The summed E-state index contributed by atoms with van der Waals surface area (Å²) < 4.78 is 5.24. The van der Waals surface area contributed by atoms with E-state index in [4.69, 9.17) is 4.42 Å². The zero-order chi connectivity index (χ0) is 13.4. The summed E-state index contributed by atoms with van der Waals surface area (Å²) in [5, 5.41) is 16.8. The minimum atomic E-state index is -0.318. The largest absolute Gasteiger partial charge is 0.465 e. The van der Waals surface area contributed by atoms with Gasteiger partial charge in [0.05, 0.1) is 0 Å². The van der Waals surface area contributed by atoms with Gasteiger partial charge in [0.15, 0.2) is 0 Å². The average molecular weight is 254 g/mol. The van der Waals surface area contributed by atoms with E-state index in [0.29, 0.717) is 5.89 Å². The molecule has 0 aromatic carbocycles. The third-order valence-electron chi connectivity index (χ3n) is 3.59. The molecule has 1 atom stereocenters. The Morgan fingerprint density at radius 2 is 1.67 bits per heavy atom. The molecule has 0 aliphatic heterocycles. The molecule has 0 saturated carbocycles. The molecule has 1 aromatic rings. The SMILES string of the molecule is CCCCCCC(C)(CCCC)c1nnc(O)o1. The second kappa shape index (κ2) is 7.39. The molecule has 0 bridgehead atoms. The maximum Gasteiger partial charge on any atom is 0.412 e. The first-order valence-corrected chi connectivity index (χ1v) is 7.15. The van der Waals surface area contributed by atoms with Crippen LogP contribution in [-0.2, 0) is 5.41 Å². The fourth-order valence-electron chi connectivity index (χ4n) is 2.31. The van der Waals surface area contributed by atoms with Crippen molar-refractivity contribution in [2.45, 2.75) is 77.6 Å². The van der Waals surface area contributed by atoms with E-state index in [9.17, 15) is 5.11 Å². The molecule has 0 aliphatic rings. The Labute approximate surface area is 110 Å². The van der Waals surface area contributed by atoms with Crippen molar-refractivity contribution < 1.29 is 9.52 Å². The van der Waals surface area contributed by atoms with Gasteiger partial charge in [-0.05, 0) is 12.8 Å². The van der Waals surface area contributed by atoms with Crippen LogP contribution in [0.5, 0.6) is 6.08 Å². The molecule has 4 heteroatoms. The quantitative estimate of drug-likeness (QED) is 0.671. The molecule has 104 valence electrons. The zero-order valence-electron chi connectivity index (χ0n) is 11.9. The molecule has 0 spiro atoms. The second-order valence-corrected chi connectivity index (χ2v) is 5.36. The van der Waals surface area contributed by atoms with E-state index < -0.39 is 0 Å². The van der Waals surface area contributed by atoms with Gasteiger partial charge in [0.2, 0.25) is 5.89 Å². The van der Waals surface area contributed by atoms with Gasteiger partial charge < -0.3 is 9.52 Å². The van der Waals surface area contributed by atoms with Gasteiger partial charge in [-0.15, -0.1) is 5.10 Å². The van der Waals surface area contributed by atoms with Gasteiger partial charge in [-0.2, -0.15) is 0 Å². The summed E-state index contributed by atoms with van der Waals surface area (Å²) in [6.45, 7) is 6.57. The van der Waals surface area contributed by atoms with E-state index in [0.717, 1.165) is 25.7 Å². The normalized spacial score (nSPS) is 14.6. The van der Waals surface area contributed by atoms with Crippen LogP contribution in [0.1, 0.15) is 78.0 Å². The van der Waals surface area contributed by atoms with Crippen molar-refractivity contribution in [3.8, 4) is 6.08 Å². The van der Waals surface area contributed by atoms with E-state index in [1.54, 1.807) is 0 Å². The Morgan fingerprint density at radius 3 is 2.22 bits per heavy atom. The molecule has 0 aliphatic carbocycles. The third-order valence-corrected chi connectivity index (χ3v) is 3.59. The third kappa shape index (κ3) is 4.31. The van der Waals surface area contributed by atoms with Gasteiger partial charge in [-0.25, -0.2) is 0 Å². The fraction of sp³-hybridized carbons (Fsp3) is 0.857. The first kappa shape index (κ1) is 15.0. The van der Waals surface area contributed by atoms with Crippen molar-refractivity contribution in [3.05, 3.63) is 5.89 Å². The van der Waals surface area contributed by atoms with Crippen LogP contribution in [0.2, 0.25) is 0 Å². The van der Waals surface area contributed by atoms with E-state index in [-0.39, 0.29) is 11.5 Å². The minimum absolute atomic E-state index is 0.0856. The molecular formula is C14H26N2O2. The van der Waals surface area contributed by atoms with Crippen molar-refractivity contribution in [3.63, 3.8) is 0 Å². The Bertz CT molecular complexity index is 338. The highest BCUT2D eigenvalue weighted by atomic mass is 16.5. The standard InChI is InChI=1S/C14H26N2O2/c1-4-6-8-9-11-14(3,10-7-5-2)12-15-16-13(17)18-12/h4-11H2,1-3H3,(H,16,17). The van der Waals surface area contributed by atoms with E-state index in [1.807, 2.05) is 0 Å². The number of hydrogen-bond donors (Lipinski definition) is 1. The van der Waals surface area contributed by atoms with Gasteiger partial charge in [-0.1, -0.05) is 64.4 Å². The summed E-state index contributed by atoms with van der Waals surface area (Å²) >= 11 is 0. The van der Waals surface area contributed by atoms with E-state index >= 15 is 0 Å². The van der Waals surface area contributed by atoms with Crippen LogP contribution >= 0.6 is 0 Å². The Balaban J connectivity index is 2.62. The molecule has 18 heavy (non-hydrogen) atoms. The van der Waals surface area contributed by atoms with Crippen molar-refractivity contribution in [1.82, 2.24) is 10.2 Å². The number of nitrogens with zero attached hydrogens (tertiary/aromatic N) is 2. The maximum atomic E-state index is 9.21. The summed E-state index contributed by atoms with van der Waals surface area (Å²) in [6.07, 6.45) is 9.02. The second-order valence-electron chi connectivity index (χ2n) is 5.36. The van der Waals surface area contributed by atoms with Crippen LogP contribution in [0.15, 0.2) is 4.42 Å². The van der Waals surface area contributed by atoms with E-state index in [1.165, 1.54) is 25.7 Å². The smallest absolute Gasteiger partial charge is 0.412 e. The predicted molar refractivity (Wildman–Crippen MR) is 71.6 cm³/mol. The number of hydrogen-bond acceptors (Lipinski definition) is 4. The molecule has 0 radical (unpaired) electrons. The molecule has 4 nitrogen and oxygen atoms in total. The van der Waals surface area contributed by atoms with Crippen molar-refractivity contribution >= 4 is 0 Å². The van der Waals surface area contributed by atoms with Crippen LogP contribution in [0.25, 0.3) is 0 Å².